The Morgan fingerprint density at radius 1 is 1.15 bits per heavy atom. The van der Waals surface area contributed by atoms with Crippen LogP contribution in [0.25, 0.3) is 0 Å². The van der Waals surface area contributed by atoms with Crippen LogP contribution >= 0.6 is 0 Å². The molecule has 2 unspecified atom stereocenters. The summed E-state index contributed by atoms with van der Waals surface area (Å²) in [6, 6.07) is 3.38. The lowest BCUT2D eigenvalue weighted by molar-refractivity contribution is 0.0714. The van der Waals surface area contributed by atoms with Crippen LogP contribution in [0.5, 0.6) is 0 Å². The van der Waals surface area contributed by atoms with Gasteiger partial charge in [0, 0.05) is 17.1 Å². The molecule has 2 N–H and O–H groups in total. The third-order valence-electron chi connectivity index (χ3n) is 4.08. The zero-order valence-corrected chi connectivity index (χ0v) is 12.5. The Morgan fingerprint density at radius 2 is 1.75 bits per heavy atom. The zero-order chi connectivity index (χ0) is 14.9. The second kappa shape index (κ2) is 5.78. The molecule has 112 valence electrons. The van der Waals surface area contributed by atoms with E-state index in [0.29, 0.717) is 0 Å². The predicted octanol–water partition coefficient (Wildman–Crippen LogP) is 3.62. The predicted molar refractivity (Wildman–Crippen MR) is 77.4 cm³/mol. The first-order valence-corrected chi connectivity index (χ1v) is 7.28. The van der Waals surface area contributed by atoms with Crippen molar-refractivity contribution >= 4 is 0 Å². The largest absolute Gasteiger partial charge is 0.326 e. The Balaban J connectivity index is 2.51. The van der Waals surface area contributed by atoms with Gasteiger partial charge in [-0.05, 0) is 52.3 Å². The molecular formula is C16H24F2N2. The standard InChI is InChI=1S/C16H24F2N2/c1-16(2,3)20-10-5-4-9-13(19)15(20)14-11(17)7-6-8-12(14)18/h6-8,13,15H,4-5,9-10,19H2,1-3H3. The van der Waals surface area contributed by atoms with Crippen molar-refractivity contribution in [2.75, 3.05) is 6.54 Å². The quantitative estimate of drug-likeness (QED) is 0.852. The molecule has 0 radical (unpaired) electrons. The third kappa shape index (κ3) is 3.01. The highest BCUT2D eigenvalue weighted by atomic mass is 19.1. The molecule has 1 aromatic carbocycles. The smallest absolute Gasteiger partial charge is 0.130 e. The highest BCUT2D eigenvalue weighted by Gasteiger charge is 2.37. The summed E-state index contributed by atoms with van der Waals surface area (Å²) in [5, 5.41) is 0. The summed E-state index contributed by atoms with van der Waals surface area (Å²) in [4.78, 5) is 2.14. The van der Waals surface area contributed by atoms with Gasteiger partial charge in [-0.25, -0.2) is 8.78 Å². The molecule has 0 aromatic heterocycles. The van der Waals surface area contributed by atoms with E-state index in [0.717, 1.165) is 25.8 Å². The van der Waals surface area contributed by atoms with E-state index >= 15 is 0 Å². The molecule has 0 spiro atoms. The summed E-state index contributed by atoms with van der Waals surface area (Å²) in [5.74, 6) is -0.997. The highest BCUT2D eigenvalue weighted by molar-refractivity contribution is 5.26. The second-order valence-corrected chi connectivity index (χ2v) is 6.60. The van der Waals surface area contributed by atoms with Crippen LogP contribution in [0.2, 0.25) is 0 Å². The number of benzene rings is 1. The highest BCUT2D eigenvalue weighted by Crippen LogP contribution is 2.36. The SMILES string of the molecule is CC(C)(C)N1CCCCC(N)C1c1c(F)cccc1F. The average molecular weight is 282 g/mol. The number of rotatable bonds is 1. The summed E-state index contributed by atoms with van der Waals surface area (Å²) in [6.45, 7) is 7.01. The van der Waals surface area contributed by atoms with Crippen molar-refractivity contribution in [3.8, 4) is 0 Å². The zero-order valence-electron chi connectivity index (χ0n) is 12.5. The van der Waals surface area contributed by atoms with Crippen LogP contribution in [0.1, 0.15) is 51.6 Å². The van der Waals surface area contributed by atoms with Gasteiger partial charge in [0.15, 0.2) is 0 Å². The topological polar surface area (TPSA) is 29.3 Å². The summed E-state index contributed by atoms with van der Waals surface area (Å²) in [5.41, 5.74) is 6.20. The Morgan fingerprint density at radius 3 is 2.30 bits per heavy atom. The normalized spacial score (nSPS) is 25.5. The minimum atomic E-state index is -0.499. The van der Waals surface area contributed by atoms with Gasteiger partial charge in [0.1, 0.15) is 11.6 Å². The van der Waals surface area contributed by atoms with E-state index in [1.807, 2.05) is 0 Å². The summed E-state index contributed by atoms with van der Waals surface area (Å²) in [6.07, 6.45) is 2.81. The number of hydrogen-bond acceptors (Lipinski definition) is 2. The molecule has 2 atom stereocenters. The molecule has 1 aromatic rings. The van der Waals surface area contributed by atoms with Crippen LogP contribution < -0.4 is 5.73 Å². The van der Waals surface area contributed by atoms with Gasteiger partial charge in [0.25, 0.3) is 0 Å². The number of nitrogens with zero attached hydrogens (tertiary/aromatic N) is 1. The fourth-order valence-electron chi connectivity index (χ4n) is 3.11. The second-order valence-electron chi connectivity index (χ2n) is 6.60. The molecule has 2 rings (SSSR count). The Labute approximate surface area is 120 Å². The summed E-state index contributed by atoms with van der Waals surface area (Å²) in [7, 11) is 0. The first kappa shape index (κ1) is 15.4. The van der Waals surface area contributed by atoms with Crippen LogP contribution in [0.4, 0.5) is 8.78 Å². The molecule has 0 aliphatic carbocycles. The maximum absolute atomic E-state index is 14.2. The molecule has 4 heteroatoms. The van der Waals surface area contributed by atoms with Gasteiger partial charge >= 0.3 is 0 Å². The van der Waals surface area contributed by atoms with Gasteiger partial charge < -0.3 is 5.73 Å². The van der Waals surface area contributed by atoms with E-state index in [4.69, 9.17) is 5.73 Å². The minimum Gasteiger partial charge on any atom is -0.326 e. The summed E-state index contributed by atoms with van der Waals surface area (Å²) < 4.78 is 28.4. The summed E-state index contributed by atoms with van der Waals surface area (Å²) >= 11 is 0. The fourth-order valence-corrected chi connectivity index (χ4v) is 3.11. The average Bonchev–Trinajstić information content (AvgIpc) is 2.51. The Hall–Kier alpha value is -1.00. The number of likely N-dealkylation sites (tertiary alicyclic amines) is 1. The van der Waals surface area contributed by atoms with Gasteiger partial charge in [-0.3, -0.25) is 4.90 Å². The lowest BCUT2D eigenvalue weighted by Gasteiger charge is -2.43. The molecule has 1 aliphatic rings. The maximum Gasteiger partial charge on any atom is 0.130 e. The van der Waals surface area contributed by atoms with Crippen molar-refractivity contribution in [1.82, 2.24) is 4.90 Å². The van der Waals surface area contributed by atoms with Crippen LogP contribution in [0.3, 0.4) is 0 Å². The van der Waals surface area contributed by atoms with E-state index in [-0.39, 0.29) is 17.1 Å². The van der Waals surface area contributed by atoms with Crippen molar-refractivity contribution in [1.29, 1.82) is 0 Å². The van der Waals surface area contributed by atoms with Gasteiger partial charge in [0.2, 0.25) is 0 Å². The van der Waals surface area contributed by atoms with Crippen molar-refractivity contribution in [3.05, 3.63) is 35.4 Å². The lowest BCUT2D eigenvalue weighted by Crippen LogP contribution is -2.49. The van der Waals surface area contributed by atoms with Crippen molar-refractivity contribution < 1.29 is 8.78 Å². The van der Waals surface area contributed by atoms with E-state index in [9.17, 15) is 8.78 Å². The molecule has 20 heavy (non-hydrogen) atoms. The van der Waals surface area contributed by atoms with Crippen LogP contribution in [-0.2, 0) is 0 Å². The van der Waals surface area contributed by atoms with E-state index in [2.05, 4.69) is 25.7 Å². The van der Waals surface area contributed by atoms with Crippen molar-refractivity contribution in [2.24, 2.45) is 5.73 Å². The third-order valence-corrected chi connectivity index (χ3v) is 4.08. The van der Waals surface area contributed by atoms with Gasteiger partial charge in [0.05, 0.1) is 6.04 Å². The minimum absolute atomic E-state index is 0.122. The molecule has 0 bridgehead atoms. The molecule has 1 saturated heterocycles. The molecule has 1 aliphatic heterocycles. The van der Waals surface area contributed by atoms with Crippen molar-refractivity contribution in [3.63, 3.8) is 0 Å². The number of nitrogens with two attached hydrogens (primary N) is 1. The monoisotopic (exact) mass is 282 g/mol. The van der Waals surface area contributed by atoms with Gasteiger partial charge in [-0.1, -0.05) is 12.5 Å². The lowest BCUT2D eigenvalue weighted by atomic mass is 9.92. The van der Waals surface area contributed by atoms with Gasteiger partial charge in [-0.2, -0.15) is 0 Å². The van der Waals surface area contributed by atoms with E-state index < -0.39 is 17.7 Å². The Kier molecular flexibility index (Phi) is 4.45. The first-order valence-electron chi connectivity index (χ1n) is 7.28. The fraction of sp³-hybridized carbons (Fsp3) is 0.625. The van der Waals surface area contributed by atoms with Crippen LogP contribution in [0.15, 0.2) is 18.2 Å². The molecular weight excluding hydrogens is 258 g/mol. The molecule has 1 fully saturated rings. The molecule has 0 saturated carbocycles. The Bertz CT molecular complexity index is 448. The van der Waals surface area contributed by atoms with E-state index in [1.165, 1.54) is 18.2 Å². The molecule has 0 amide bonds. The first-order chi connectivity index (χ1) is 9.32. The number of hydrogen-bond donors (Lipinski definition) is 1. The maximum atomic E-state index is 14.2. The molecule has 1 heterocycles. The van der Waals surface area contributed by atoms with Crippen LogP contribution in [0, 0.1) is 11.6 Å². The van der Waals surface area contributed by atoms with Gasteiger partial charge in [-0.15, -0.1) is 0 Å². The number of halogens is 2. The van der Waals surface area contributed by atoms with E-state index in [1.54, 1.807) is 0 Å². The molecule has 2 nitrogen and oxygen atoms in total. The van der Waals surface area contributed by atoms with Crippen LogP contribution in [-0.4, -0.2) is 23.0 Å². The van der Waals surface area contributed by atoms with Crippen molar-refractivity contribution in [2.45, 2.75) is 57.7 Å².